The van der Waals surface area contributed by atoms with Gasteiger partial charge in [0.1, 0.15) is 0 Å². The molecule has 0 spiro atoms. The highest BCUT2D eigenvalue weighted by Crippen LogP contribution is 2.12. The first-order valence-electron chi connectivity index (χ1n) is 4.52. The number of amides is 1. The fourth-order valence-corrected chi connectivity index (χ4v) is 1.58. The van der Waals surface area contributed by atoms with Gasteiger partial charge >= 0.3 is 0 Å². The van der Waals surface area contributed by atoms with Crippen molar-refractivity contribution in [3.8, 4) is 0 Å². The summed E-state index contributed by atoms with van der Waals surface area (Å²) in [5, 5.41) is 2.81. The van der Waals surface area contributed by atoms with Crippen LogP contribution in [0.5, 0.6) is 0 Å². The average Bonchev–Trinajstić information content (AvgIpc) is 2.27. The topological polar surface area (TPSA) is 46.2 Å². The van der Waals surface area contributed by atoms with Gasteiger partial charge in [-0.3, -0.25) is 9.59 Å². The van der Waals surface area contributed by atoms with Gasteiger partial charge in [0.05, 0.1) is 5.33 Å². The summed E-state index contributed by atoms with van der Waals surface area (Å²) in [5.41, 5.74) is 1.96. The lowest BCUT2D eigenvalue weighted by Gasteiger charge is -2.06. The summed E-state index contributed by atoms with van der Waals surface area (Å²) < 4.78 is 0. The molecule has 4 heteroatoms. The van der Waals surface area contributed by atoms with Gasteiger partial charge in [-0.25, -0.2) is 0 Å². The zero-order valence-electron chi connectivity index (χ0n) is 8.63. The molecular formula is C11H12BrNO2. The molecule has 0 heterocycles. The van der Waals surface area contributed by atoms with Gasteiger partial charge in [0, 0.05) is 18.2 Å². The monoisotopic (exact) mass is 269 g/mol. The van der Waals surface area contributed by atoms with Gasteiger partial charge < -0.3 is 5.32 Å². The van der Waals surface area contributed by atoms with Gasteiger partial charge in [-0.15, -0.1) is 0 Å². The Labute approximate surface area is 97.0 Å². The lowest BCUT2D eigenvalue weighted by atomic mass is 10.0. The number of alkyl halides is 1. The maximum Gasteiger partial charge on any atom is 0.251 e. The van der Waals surface area contributed by atoms with Crippen LogP contribution in [-0.2, 0) is 0 Å². The molecule has 1 aromatic rings. The van der Waals surface area contributed by atoms with Crippen LogP contribution in [0.2, 0.25) is 0 Å². The van der Waals surface area contributed by atoms with Crippen molar-refractivity contribution >= 4 is 27.6 Å². The first kappa shape index (κ1) is 11.9. The fourth-order valence-electron chi connectivity index (χ4n) is 1.25. The summed E-state index contributed by atoms with van der Waals surface area (Å²) >= 11 is 3.10. The van der Waals surface area contributed by atoms with Crippen LogP contribution in [0.4, 0.5) is 0 Å². The summed E-state index contributed by atoms with van der Waals surface area (Å²) in [6, 6.07) is 5.13. The van der Waals surface area contributed by atoms with Crippen molar-refractivity contribution in [1.82, 2.24) is 5.32 Å². The number of carbonyl (C=O) groups is 2. The Morgan fingerprint density at radius 1 is 1.40 bits per heavy atom. The van der Waals surface area contributed by atoms with Crippen LogP contribution >= 0.6 is 15.9 Å². The molecule has 0 aliphatic carbocycles. The third-order valence-electron chi connectivity index (χ3n) is 2.15. The van der Waals surface area contributed by atoms with Crippen molar-refractivity contribution in [3.63, 3.8) is 0 Å². The fraction of sp³-hybridized carbons (Fsp3) is 0.273. The van der Waals surface area contributed by atoms with E-state index in [-0.39, 0.29) is 17.0 Å². The third-order valence-corrected chi connectivity index (χ3v) is 2.66. The minimum Gasteiger partial charge on any atom is -0.355 e. The normalized spacial score (nSPS) is 9.80. The van der Waals surface area contributed by atoms with E-state index in [1.165, 1.54) is 0 Å². The predicted molar refractivity (Wildman–Crippen MR) is 62.7 cm³/mol. The molecule has 0 radical (unpaired) electrons. The second kappa shape index (κ2) is 5.07. The number of nitrogens with one attached hydrogen (secondary N) is 1. The summed E-state index contributed by atoms with van der Waals surface area (Å²) in [4.78, 5) is 22.9. The van der Waals surface area contributed by atoms with Crippen molar-refractivity contribution < 1.29 is 9.59 Å². The second-order valence-corrected chi connectivity index (χ2v) is 3.73. The summed E-state index contributed by atoms with van der Waals surface area (Å²) in [6.45, 7) is 1.84. The van der Waals surface area contributed by atoms with Gasteiger partial charge in [0.2, 0.25) is 0 Å². The van der Waals surface area contributed by atoms with E-state index in [4.69, 9.17) is 0 Å². The molecule has 1 amide bonds. The number of aryl methyl sites for hydroxylation is 1. The molecule has 0 unspecified atom stereocenters. The van der Waals surface area contributed by atoms with Gasteiger partial charge in [0.15, 0.2) is 5.78 Å². The molecule has 0 saturated heterocycles. The molecule has 0 saturated carbocycles. The van der Waals surface area contributed by atoms with E-state index < -0.39 is 0 Å². The third kappa shape index (κ3) is 2.65. The summed E-state index contributed by atoms with van der Waals surface area (Å²) in [5.74, 6) is -0.197. The quantitative estimate of drug-likeness (QED) is 0.674. The van der Waals surface area contributed by atoms with Crippen LogP contribution in [0.1, 0.15) is 26.3 Å². The summed E-state index contributed by atoms with van der Waals surface area (Å²) in [7, 11) is 1.57. The van der Waals surface area contributed by atoms with E-state index >= 15 is 0 Å². The lowest BCUT2D eigenvalue weighted by Crippen LogP contribution is -2.19. The van der Waals surface area contributed by atoms with Crippen molar-refractivity contribution in [1.29, 1.82) is 0 Å². The zero-order chi connectivity index (χ0) is 11.4. The van der Waals surface area contributed by atoms with E-state index in [9.17, 15) is 9.59 Å². The molecule has 0 aromatic heterocycles. The van der Waals surface area contributed by atoms with E-state index in [0.717, 1.165) is 5.56 Å². The Kier molecular flexibility index (Phi) is 4.03. The predicted octanol–water partition coefficient (Wildman–Crippen LogP) is 1.93. The van der Waals surface area contributed by atoms with Crippen LogP contribution in [0.3, 0.4) is 0 Å². The highest BCUT2D eigenvalue weighted by Gasteiger charge is 2.11. The minimum atomic E-state index is -0.170. The largest absolute Gasteiger partial charge is 0.355 e. The number of halogens is 1. The maximum atomic E-state index is 11.5. The zero-order valence-corrected chi connectivity index (χ0v) is 10.2. The molecule has 1 N–H and O–H groups in total. The number of benzene rings is 1. The van der Waals surface area contributed by atoms with Crippen LogP contribution in [0.15, 0.2) is 18.2 Å². The number of hydrogen-bond donors (Lipinski definition) is 1. The molecule has 15 heavy (non-hydrogen) atoms. The highest BCUT2D eigenvalue weighted by molar-refractivity contribution is 9.09. The SMILES string of the molecule is CNC(=O)c1cc(C(=O)CBr)ccc1C. The Morgan fingerprint density at radius 3 is 2.60 bits per heavy atom. The van der Waals surface area contributed by atoms with Crippen molar-refractivity contribution in [2.75, 3.05) is 12.4 Å². The van der Waals surface area contributed by atoms with Gasteiger partial charge in [0.25, 0.3) is 5.91 Å². The van der Waals surface area contributed by atoms with E-state index in [0.29, 0.717) is 11.1 Å². The highest BCUT2D eigenvalue weighted by atomic mass is 79.9. The smallest absolute Gasteiger partial charge is 0.251 e. The first-order valence-corrected chi connectivity index (χ1v) is 5.64. The van der Waals surface area contributed by atoms with E-state index in [1.54, 1.807) is 25.2 Å². The molecule has 1 rings (SSSR count). The number of ketones is 1. The molecule has 1 aromatic carbocycles. The van der Waals surface area contributed by atoms with Gasteiger partial charge in [-0.2, -0.15) is 0 Å². The molecule has 80 valence electrons. The molecule has 0 aliphatic heterocycles. The van der Waals surface area contributed by atoms with Crippen LogP contribution in [-0.4, -0.2) is 24.1 Å². The van der Waals surface area contributed by atoms with Crippen LogP contribution < -0.4 is 5.32 Å². The lowest BCUT2D eigenvalue weighted by molar-refractivity contribution is 0.0962. The average molecular weight is 270 g/mol. The molecule has 0 aliphatic rings. The van der Waals surface area contributed by atoms with Gasteiger partial charge in [-0.05, 0) is 18.6 Å². The second-order valence-electron chi connectivity index (χ2n) is 3.17. The van der Waals surface area contributed by atoms with Crippen LogP contribution in [0, 0.1) is 6.92 Å². The Hall–Kier alpha value is -1.16. The first-order chi connectivity index (χ1) is 7.10. The van der Waals surface area contributed by atoms with Crippen molar-refractivity contribution in [3.05, 3.63) is 34.9 Å². The molecule has 0 fully saturated rings. The molecule has 0 bridgehead atoms. The van der Waals surface area contributed by atoms with E-state index in [2.05, 4.69) is 21.2 Å². The Balaban J connectivity index is 3.16. The minimum absolute atomic E-state index is 0.0276. The Bertz CT molecular complexity index is 402. The molecule has 0 atom stereocenters. The molecular weight excluding hydrogens is 258 g/mol. The standard InChI is InChI=1S/C11H12BrNO2/c1-7-3-4-8(10(14)6-12)5-9(7)11(15)13-2/h3-5H,6H2,1-2H3,(H,13,15). The maximum absolute atomic E-state index is 11.5. The number of carbonyl (C=O) groups excluding carboxylic acids is 2. The van der Waals surface area contributed by atoms with Crippen molar-refractivity contribution in [2.24, 2.45) is 0 Å². The summed E-state index contributed by atoms with van der Waals surface area (Å²) in [6.07, 6.45) is 0. The Morgan fingerprint density at radius 2 is 2.07 bits per heavy atom. The van der Waals surface area contributed by atoms with Crippen LogP contribution in [0.25, 0.3) is 0 Å². The van der Waals surface area contributed by atoms with E-state index in [1.807, 2.05) is 6.92 Å². The number of hydrogen-bond acceptors (Lipinski definition) is 2. The van der Waals surface area contributed by atoms with Gasteiger partial charge in [-0.1, -0.05) is 28.1 Å². The molecule has 3 nitrogen and oxygen atoms in total. The number of rotatable bonds is 3. The van der Waals surface area contributed by atoms with Crippen molar-refractivity contribution in [2.45, 2.75) is 6.92 Å². The number of Topliss-reactive ketones (excluding diaryl/α,β-unsaturated/α-hetero) is 1.